The van der Waals surface area contributed by atoms with E-state index >= 15 is 0 Å². The number of aromatic nitrogens is 3. The van der Waals surface area contributed by atoms with E-state index in [-0.39, 0.29) is 0 Å². The lowest BCUT2D eigenvalue weighted by molar-refractivity contribution is 0.433. The lowest BCUT2D eigenvalue weighted by Crippen LogP contribution is -1.86. The molecule has 0 aliphatic carbocycles. The van der Waals surface area contributed by atoms with E-state index in [4.69, 9.17) is 10.3 Å². The smallest absolute Gasteiger partial charge is 0.270 e. The van der Waals surface area contributed by atoms with Crippen molar-refractivity contribution in [3.8, 4) is 22.2 Å². The van der Waals surface area contributed by atoms with Gasteiger partial charge in [0.25, 0.3) is 5.89 Å². The Labute approximate surface area is 120 Å². The normalized spacial score (nSPS) is 10.9. The molecule has 0 aliphatic rings. The third-order valence-corrected chi connectivity index (χ3v) is 4.03. The van der Waals surface area contributed by atoms with Crippen molar-refractivity contribution in [2.75, 3.05) is 5.73 Å². The van der Waals surface area contributed by atoms with Crippen molar-refractivity contribution in [3.63, 3.8) is 0 Å². The summed E-state index contributed by atoms with van der Waals surface area (Å²) in [5, 5.41) is 4.56. The topological polar surface area (TPSA) is 77.8 Å². The number of nitrogen functional groups attached to an aromatic ring is 1. The van der Waals surface area contributed by atoms with Crippen molar-refractivity contribution >= 4 is 16.5 Å². The van der Waals surface area contributed by atoms with Gasteiger partial charge in [0, 0.05) is 5.56 Å². The number of hydrogen-bond acceptors (Lipinski definition) is 6. The highest BCUT2D eigenvalue weighted by molar-refractivity contribution is 7.18. The zero-order chi connectivity index (χ0) is 14.3. The van der Waals surface area contributed by atoms with Crippen LogP contribution in [-0.4, -0.2) is 15.1 Å². The Balaban J connectivity index is 2.04. The first-order chi connectivity index (χ1) is 9.54. The van der Waals surface area contributed by atoms with Gasteiger partial charge in [-0.15, -0.1) is 0 Å². The fourth-order valence-corrected chi connectivity index (χ4v) is 2.86. The van der Waals surface area contributed by atoms with E-state index in [0.29, 0.717) is 16.8 Å². The molecule has 0 spiro atoms. The Morgan fingerprint density at radius 2 is 1.95 bits per heavy atom. The zero-order valence-corrected chi connectivity index (χ0v) is 12.3. The van der Waals surface area contributed by atoms with Gasteiger partial charge in [-0.25, -0.2) is 4.98 Å². The predicted molar refractivity (Wildman–Crippen MR) is 79.5 cm³/mol. The second-order valence-electron chi connectivity index (χ2n) is 4.71. The van der Waals surface area contributed by atoms with Crippen LogP contribution in [0.4, 0.5) is 5.13 Å². The van der Waals surface area contributed by atoms with Crippen LogP contribution in [-0.2, 0) is 0 Å². The quantitative estimate of drug-likeness (QED) is 0.781. The van der Waals surface area contributed by atoms with Gasteiger partial charge in [0.2, 0.25) is 5.82 Å². The molecule has 0 atom stereocenters. The first-order valence-corrected chi connectivity index (χ1v) is 7.01. The summed E-state index contributed by atoms with van der Waals surface area (Å²) in [6, 6.07) is 6.14. The lowest BCUT2D eigenvalue weighted by Gasteiger charge is -2.01. The van der Waals surface area contributed by atoms with Crippen molar-refractivity contribution in [3.05, 3.63) is 35.0 Å². The molecule has 0 saturated heterocycles. The van der Waals surface area contributed by atoms with Crippen LogP contribution in [0.5, 0.6) is 0 Å². The number of nitrogens with two attached hydrogens (primary N) is 1. The van der Waals surface area contributed by atoms with E-state index in [1.165, 1.54) is 16.9 Å². The molecule has 0 fully saturated rings. The SMILES string of the molecule is Cc1ccc(-c2noc(-c3sc(N)nc3C)n2)c(C)c1. The molecule has 2 aromatic heterocycles. The van der Waals surface area contributed by atoms with Gasteiger partial charge in [-0.2, -0.15) is 4.98 Å². The summed E-state index contributed by atoms with van der Waals surface area (Å²) in [6.07, 6.45) is 0. The molecule has 102 valence electrons. The average Bonchev–Trinajstić information content (AvgIpc) is 2.96. The highest BCUT2D eigenvalue weighted by atomic mass is 32.1. The number of rotatable bonds is 2. The van der Waals surface area contributed by atoms with E-state index in [0.717, 1.165) is 21.7 Å². The van der Waals surface area contributed by atoms with Gasteiger partial charge in [0.15, 0.2) is 5.13 Å². The summed E-state index contributed by atoms with van der Waals surface area (Å²) >= 11 is 1.35. The minimum absolute atomic E-state index is 0.465. The van der Waals surface area contributed by atoms with Crippen LogP contribution in [0.3, 0.4) is 0 Å². The Morgan fingerprint density at radius 3 is 2.60 bits per heavy atom. The highest BCUT2D eigenvalue weighted by Crippen LogP contribution is 2.31. The minimum Gasteiger partial charge on any atom is -0.375 e. The van der Waals surface area contributed by atoms with E-state index < -0.39 is 0 Å². The van der Waals surface area contributed by atoms with Gasteiger partial charge in [-0.1, -0.05) is 40.3 Å². The number of hydrogen-bond donors (Lipinski definition) is 1. The zero-order valence-electron chi connectivity index (χ0n) is 11.5. The molecule has 0 saturated carbocycles. The largest absolute Gasteiger partial charge is 0.375 e. The third-order valence-electron chi connectivity index (χ3n) is 3.06. The maximum Gasteiger partial charge on any atom is 0.270 e. The standard InChI is InChI=1S/C14H14N4OS/c1-7-4-5-10(8(2)6-7)12-17-13(19-18-12)11-9(3)16-14(15)20-11/h4-6H,1-3H3,(H2,15,16). The molecule has 0 radical (unpaired) electrons. The van der Waals surface area contributed by atoms with E-state index in [1.54, 1.807) is 0 Å². The van der Waals surface area contributed by atoms with Crippen LogP contribution < -0.4 is 5.73 Å². The maximum absolute atomic E-state index is 5.69. The van der Waals surface area contributed by atoms with Crippen LogP contribution in [0, 0.1) is 20.8 Å². The molecule has 3 aromatic rings. The predicted octanol–water partition coefficient (Wildman–Crippen LogP) is 3.37. The monoisotopic (exact) mass is 286 g/mol. The second-order valence-corrected chi connectivity index (χ2v) is 5.74. The third kappa shape index (κ3) is 2.18. The molecular formula is C14H14N4OS. The number of anilines is 1. The molecule has 1 aromatic carbocycles. The summed E-state index contributed by atoms with van der Waals surface area (Å²) in [5.41, 5.74) is 9.81. The van der Waals surface area contributed by atoms with Gasteiger partial charge in [0.1, 0.15) is 4.88 Å². The lowest BCUT2D eigenvalue weighted by atomic mass is 10.1. The molecule has 2 N–H and O–H groups in total. The van der Waals surface area contributed by atoms with Crippen LogP contribution >= 0.6 is 11.3 Å². The van der Waals surface area contributed by atoms with Crippen LogP contribution in [0.2, 0.25) is 0 Å². The molecule has 3 rings (SSSR count). The molecule has 0 aliphatic heterocycles. The van der Waals surface area contributed by atoms with Crippen LogP contribution in [0.15, 0.2) is 22.7 Å². The molecule has 0 amide bonds. The summed E-state index contributed by atoms with van der Waals surface area (Å²) in [7, 11) is 0. The van der Waals surface area contributed by atoms with Crippen molar-refractivity contribution < 1.29 is 4.52 Å². The van der Waals surface area contributed by atoms with Gasteiger partial charge in [-0.05, 0) is 26.3 Å². The fraction of sp³-hybridized carbons (Fsp3) is 0.214. The minimum atomic E-state index is 0.465. The second kappa shape index (κ2) is 4.72. The summed E-state index contributed by atoms with van der Waals surface area (Å²) in [5.74, 6) is 1.05. The molecule has 6 heteroatoms. The van der Waals surface area contributed by atoms with Crippen molar-refractivity contribution in [1.29, 1.82) is 0 Å². The summed E-state index contributed by atoms with van der Waals surface area (Å²) in [4.78, 5) is 9.44. The van der Waals surface area contributed by atoms with E-state index in [1.807, 2.05) is 26.0 Å². The van der Waals surface area contributed by atoms with Crippen molar-refractivity contribution in [2.45, 2.75) is 20.8 Å². The number of benzene rings is 1. The molecular weight excluding hydrogens is 272 g/mol. The van der Waals surface area contributed by atoms with Gasteiger partial charge in [0.05, 0.1) is 5.69 Å². The fourth-order valence-electron chi connectivity index (χ4n) is 2.11. The highest BCUT2D eigenvalue weighted by Gasteiger charge is 2.17. The maximum atomic E-state index is 5.69. The number of thiazole rings is 1. The van der Waals surface area contributed by atoms with Crippen LogP contribution in [0.25, 0.3) is 22.2 Å². The molecule has 0 bridgehead atoms. The molecule has 5 nitrogen and oxygen atoms in total. The van der Waals surface area contributed by atoms with Gasteiger partial charge >= 0.3 is 0 Å². The van der Waals surface area contributed by atoms with E-state index in [9.17, 15) is 0 Å². The van der Waals surface area contributed by atoms with Gasteiger partial charge in [-0.3, -0.25) is 0 Å². The Hall–Kier alpha value is -2.21. The van der Waals surface area contributed by atoms with Crippen LogP contribution in [0.1, 0.15) is 16.8 Å². The van der Waals surface area contributed by atoms with Gasteiger partial charge < -0.3 is 10.3 Å². The molecule has 0 unspecified atom stereocenters. The first-order valence-electron chi connectivity index (χ1n) is 6.19. The summed E-state index contributed by atoms with van der Waals surface area (Å²) in [6.45, 7) is 5.97. The van der Waals surface area contributed by atoms with E-state index in [2.05, 4.69) is 28.1 Å². The van der Waals surface area contributed by atoms with Crippen molar-refractivity contribution in [2.24, 2.45) is 0 Å². The number of nitrogens with zero attached hydrogens (tertiary/aromatic N) is 3. The molecule has 20 heavy (non-hydrogen) atoms. The first kappa shape index (κ1) is 12.8. The Bertz CT molecular complexity index is 775. The Morgan fingerprint density at radius 1 is 1.15 bits per heavy atom. The van der Waals surface area contributed by atoms with Crippen molar-refractivity contribution in [1.82, 2.24) is 15.1 Å². The average molecular weight is 286 g/mol. The molecule has 2 heterocycles. The summed E-state index contributed by atoms with van der Waals surface area (Å²) < 4.78 is 5.34. The number of aryl methyl sites for hydroxylation is 3. The Kier molecular flexibility index (Phi) is 3.02.